The largest absolute Gasteiger partial charge is 0.492 e. The monoisotopic (exact) mass is 290 g/mol. The van der Waals surface area contributed by atoms with Crippen molar-refractivity contribution in [1.29, 1.82) is 0 Å². The Hall–Kier alpha value is -1.25. The number of halogens is 2. The number of ether oxygens (including phenoxy) is 1. The summed E-state index contributed by atoms with van der Waals surface area (Å²) in [7, 11) is -3.09. The van der Waals surface area contributed by atoms with Crippen molar-refractivity contribution in [3.63, 3.8) is 0 Å². The van der Waals surface area contributed by atoms with E-state index in [9.17, 15) is 12.8 Å². The van der Waals surface area contributed by atoms with Crippen molar-refractivity contribution >= 4 is 21.4 Å². The molecule has 1 aromatic rings. The minimum absolute atomic E-state index is 0.0232. The smallest absolute Gasteiger partial charge is 0.150 e. The average Bonchev–Trinajstić information content (AvgIpc) is 2.24. The highest BCUT2D eigenvalue weighted by atomic mass is 35.5. The standard InChI is InChI=1S/C12H12ClFO3S/c1-18(15,16)6-5-17-12-8-10(3-2-4-13)7-11(14)9-12/h7-9H,4-6H2,1H3. The molecule has 18 heavy (non-hydrogen) atoms. The molecule has 6 heteroatoms. The summed E-state index contributed by atoms with van der Waals surface area (Å²) in [5, 5.41) is 0. The first-order valence-electron chi connectivity index (χ1n) is 5.06. The molecule has 0 aliphatic carbocycles. The lowest BCUT2D eigenvalue weighted by Crippen LogP contribution is -2.12. The van der Waals surface area contributed by atoms with Crippen molar-refractivity contribution < 1.29 is 17.5 Å². The van der Waals surface area contributed by atoms with Gasteiger partial charge in [-0.25, -0.2) is 12.8 Å². The number of benzene rings is 1. The molecule has 0 N–H and O–H groups in total. The van der Waals surface area contributed by atoms with Crippen molar-refractivity contribution in [2.45, 2.75) is 0 Å². The molecule has 1 aromatic carbocycles. The summed E-state index contributed by atoms with van der Waals surface area (Å²) in [6.07, 6.45) is 1.11. The molecule has 0 aliphatic rings. The van der Waals surface area contributed by atoms with Gasteiger partial charge in [0.15, 0.2) is 9.84 Å². The highest BCUT2D eigenvalue weighted by molar-refractivity contribution is 7.90. The van der Waals surface area contributed by atoms with Crippen LogP contribution in [0, 0.1) is 17.7 Å². The van der Waals surface area contributed by atoms with Crippen molar-refractivity contribution in [3.05, 3.63) is 29.6 Å². The molecule has 0 unspecified atom stereocenters. The van der Waals surface area contributed by atoms with Crippen LogP contribution in [0.25, 0.3) is 0 Å². The van der Waals surface area contributed by atoms with Crippen LogP contribution < -0.4 is 4.74 Å². The minimum Gasteiger partial charge on any atom is -0.492 e. The summed E-state index contributed by atoms with van der Waals surface area (Å²) >= 11 is 5.40. The van der Waals surface area contributed by atoms with E-state index in [-0.39, 0.29) is 24.0 Å². The zero-order valence-corrected chi connectivity index (χ0v) is 11.3. The molecule has 0 radical (unpaired) electrons. The summed E-state index contributed by atoms with van der Waals surface area (Å²) in [6.45, 7) is -0.0232. The fourth-order valence-corrected chi connectivity index (χ4v) is 1.62. The van der Waals surface area contributed by atoms with Gasteiger partial charge in [-0.15, -0.1) is 11.6 Å². The molecule has 98 valence electrons. The van der Waals surface area contributed by atoms with Gasteiger partial charge in [0.25, 0.3) is 0 Å². The van der Waals surface area contributed by atoms with Crippen LogP contribution in [0.15, 0.2) is 18.2 Å². The molecule has 0 spiro atoms. The molecule has 0 fully saturated rings. The van der Waals surface area contributed by atoms with E-state index in [4.69, 9.17) is 16.3 Å². The second-order valence-corrected chi connectivity index (χ2v) is 6.12. The predicted octanol–water partition coefficient (Wildman–Crippen LogP) is 1.84. The summed E-state index contributed by atoms with van der Waals surface area (Å²) in [4.78, 5) is 0. The maximum Gasteiger partial charge on any atom is 0.150 e. The van der Waals surface area contributed by atoms with Gasteiger partial charge >= 0.3 is 0 Å². The Labute approximate surface area is 111 Å². The van der Waals surface area contributed by atoms with E-state index in [0.29, 0.717) is 5.56 Å². The molecule has 0 aliphatic heterocycles. The molecule has 3 nitrogen and oxygen atoms in total. The Morgan fingerprint density at radius 1 is 1.39 bits per heavy atom. The number of hydrogen-bond acceptors (Lipinski definition) is 3. The van der Waals surface area contributed by atoms with Crippen LogP contribution in [0.5, 0.6) is 5.75 Å². The zero-order chi connectivity index (χ0) is 13.6. The van der Waals surface area contributed by atoms with Crippen molar-refractivity contribution in [2.75, 3.05) is 24.5 Å². The van der Waals surface area contributed by atoms with Crippen LogP contribution in [-0.4, -0.2) is 32.9 Å². The summed E-state index contributed by atoms with van der Waals surface area (Å²) < 4.78 is 40.2. The van der Waals surface area contributed by atoms with E-state index in [2.05, 4.69) is 11.8 Å². The van der Waals surface area contributed by atoms with Gasteiger partial charge in [0.1, 0.15) is 18.2 Å². The van der Waals surface area contributed by atoms with Gasteiger partial charge in [0, 0.05) is 17.9 Å². The van der Waals surface area contributed by atoms with E-state index >= 15 is 0 Å². The molecule has 0 aromatic heterocycles. The minimum atomic E-state index is -3.09. The summed E-state index contributed by atoms with van der Waals surface area (Å²) in [5.41, 5.74) is 0.435. The number of hydrogen-bond donors (Lipinski definition) is 0. The molecular formula is C12H12ClFO3S. The average molecular weight is 291 g/mol. The normalized spacial score (nSPS) is 10.6. The maximum absolute atomic E-state index is 13.2. The van der Waals surface area contributed by atoms with Gasteiger partial charge in [-0.05, 0) is 12.1 Å². The topological polar surface area (TPSA) is 43.4 Å². The lowest BCUT2D eigenvalue weighted by Gasteiger charge is -2.06. The number of rotatable bonds is 4. The van der Waals surface area contributed by atoms with Gasteiger partial charge in [-0.3, -0.25) is 0 Å². The van der Waals surface area contributed by atoms with E-state index in [0.717, 1.165) is 6.26 Å². The number of sulfone groups is 1. The van der Waals surface area contributed by atoms with Gasteiger partial charge < -0.3 is 4.74 Å². The lowest BCUT2D eigenvalue weighted by atomic mass is 10.2. The third-order valence-electron chi connectivity index (χ3n) is 1.89. The van der Waals surface area contributed by atoms with Crippen LogP contribution in [0.2, 0.25) is 0 Å². The van der Waals surface area contributed by atoms with Gasteiger partial charge in [-0.1, -0.05) is 11.8 Å². The van der Waals surface area contributed by atoms with Crippen LogP contribution in [0.3, 0.4) is 0 Å². The zero-order valence-electron chi connectivity index (χ0n) is 9.74. The fourth-order valence-electron chi connectivity index (χ4n) is 1.16. The Balaban J connectivity index is 2.74. The molecule has 0 bridgehead atoms. The first-order chi connectivity index (χ1) is 8.40. The Morgan fingerprint density at radius 3 is 2.72 bits per heavy atom. The molecular weight excluding hydrogens is 279 g/mol. The van der Waals surface area contributed by atoms with E-state index in [1.165, 1.54) is 18.2 Å². The van der Waals surface area contributed by atoms with Crippen LogP contribution in [-0.2, 0) is 9.84 Å². The number of alkyl halides is 1. The third kappa shape index (κ3) is 5.89. The van der Waals surface area contributed by atoms with E-state index < -0.39 is 15.7 Å². The van der Waals surface area contributed by atoms with Crippen LogP contribution in [0.1, 0.15) is 5.56 Å². The molecule has 0 amide bonds. The molecule has 1 rings (SSSR count). The quantitative estimate of drug-likeness (QED) is 0.628. The highest BCUT2D eigenvalue weighted by Crippen LogP contribution is 2.15. The Morgan fingerprint density at radius 2 is 2.11 bits per heavy atom. The Bertz CT molecular complexity index is 573. The summed E-state index contributed by atoms with van der Waals surface area (Å²) in [6, 6.07) is 3.96. The van der Waals surface area contributed by atoms with E-state index in [1.807, 2.05) is 0 Å². The van der Waals surface area contributed by atoms with Crippen molar-refractivity contribution in [2.24, 2.45) is 0 Å². The lowest BCUT2D eigenvalue weighted by molar-refractivity contribution is 0.339. The SMILES string of the molecule is CS(=O)(=O)CCOc1cc(F)cc(C#CCCl)c1. The molecule has 0 saturated heterocycles. The molecule has 0 atom stereocenters. The van der Waals surface area contributed by atoms with Crippen molar-refractivity contribution in [3.8, 4) is 17.6 Å². The predicted molar refractivity (Wildman–Crippen MR) is 69.2 cm³/mol. The summed E-state index contributed by atoms with van der Waals surface area (Å²) in [5.74, 6) is 5.05. The molecule has 0 saturated carbocycles. The van der Waals surface area contributed by atoms with Gasteiger partial charge in [-0.2, -0.15) is 0 Å². The van der Waals surface area contributed by atoms with E-state index in [1.54, 1.807) is 0 Å². The first-order valence-corrected chi connectivity index (χ1v) is 7.66. The first kappa shape index (κ1) is 14.8. The third-order valence-corrected chi connectivity index (χ3v) is 2.94. The van der Waals surface area contributed by atoms with Crippen LogP contribution in [0.4, 0.5) is 4.39 Å². The Kier molecular flexibility index (Phi) is 5.45. The van der Waals surface area contributed by atoms with Gasteiger partial charge in [0.2, 0.25) is 0 Å². The van der Waals surface area contributed by atoms with Crippen LogP contribution >= 0.6 is 11.6 Å². The maximum atomic E-state index is 13.2. The second-order valence-electron chi connectivity index (χ2n) is 3.59. The van der Waals surface area contributed by atoms with Crippen molar-refractivity contribution in [1.82, 2.24) is 0 Å². The second kappa shape index (κ2) is 6.62. The molecule has 0 heterocycles. The van der Waals surface area contributed by atoms with Gasteiger partial charge in [0.05, 0.1) is 11.6 Å². The highest BCUT2D eigenvalue weighted by Gasteiger charge is 2.04. The fraction of sp³-hybridized carbons (Fsp3) is 0.333.